The second kappa shape index (κ2) is 9.82. The van der Waals surface area contributed by atoms with Crippen LogP contribution >= 0.6 is 7.26 Å². The van der Waals surface area contributed by atoms with Crippen molar-refractivity contribution in [1.82, 2.24) is 0 Å². The zero-order chi connectivity index (χ0) is 23.3. The van der Waals surface area contributed by atoms with Crippen LogP contribution in [-0.4, -0.2) is 12.1 Å². The molecule has 0 atom stereocenters. The van der Waals surface area contributed by atoms with E-state index in [-0.39, 0.29) is 5.91 Å². The van der Waals surface area contributed by atoms with Crippen molar-refractivity contribution in [2.24, 2.45) is 0 Å². The Morgan fingerprint density at radius 1 is 0.758 bits per heavy atom. The molecule has 0 heterocycles. The second-order valence-corrected chi connectivity index (χ2v) is 12.2. The first-order valence-corrected chi connectivity index (χ1v) is 13.2. The van der Waals surface area contributed by atoms with Crippen molar-refractivity contribution in [2.45, 2.75) is 13.8 Å². The van der Waals surface area contributed by atoms with E-state index in [2.05, 4.69) is 84.2 Å². The average Bonchev–Trinajstić information content (AvgIpc) is 2.86. The zero-order valence-corrected chi connectivity index (χ0v) is 19.9. The predicted octanol–water partition coefficient (Wildman–Crippen LogP) is 4.84. The number of carbonyl (C=O) groups is 1. The van der Waals surface area contributed by atoms with Crippen molar-refractivity contribution in [3.63, 3.8) is 0 Å². The number of nitrogens with one attached hydrogen (secondary N) is 1. The third-order valence-electron chi connectivity index (χ3n) is 6.15. The number of nitrogens with zero attached hydrogens (tertiary/aromatic N) is 1. The van der Waals surface area contributed by atoms with Crippen LogP contribution in [0.3, 0.4) is 0 Å². The Bertz CT molecular complexity index is 1180. The Morgan fingerprint density at radius 2 is 1.15 bits per heavy atom. The van der Waals surface area contributed by atoms with Crippen LogP contribution in [0.15, 0.2) is 103 Å². The van der Waals surface area contributed by atoms with Crippen LogP contribution < -0.4 is 21.2 Å². The molecule has 0 aliphatic heterocycles. The summed E-state index contributed by atoms with van der Waals surface area (Å²) in [5.74, 6) is -0.0193. The maximum absolute atomic E-state index is 13.7. The van der Waals surface area contributed by atoms with E-state index in [1.807, 2.05) is 44.2 Å². The van der Waals surface area contributed by atoms with Crippen LogP contribution in [-0.2, 0) is 4.79 Å². The maximum atomic E-state index is 13.7. The van der Waals surface area contributed by atoms with E-state index >= 15 is 0 Å². The topological polar surface area (TPSA) is 52.9 Å². The van der Waals surface area contributed by atoms with Crippen LogP contribution in [0, 0.1) is 25.2 Å². The molecule has 164 valence electrons. The summed E-state index contributed by atoms with van der Waals surface area (Å²) in [5.41, 5.74) is 3.18. The van der Waals surface area contributed by atoms with Gasteiger partial charge in [0.25, 0.3) is 0 Å². The van der Waals surface area contributed by atoms with Gasteiger partial charge in [-0.05, 0) is 0 Å². The van der Waals surface area contributed by atoms with Crippen molar-refractivity contribution < 1.29 is 4.79 Å². The van der Waals surface area contributed by atoms with Gasteiger partial charge in [0.05, 0.1) is 0 Å². The summed E-state index contributed by atoms with van der Waals surface area (Å²) >= 11 is 0. The van der Waals surface area contributed by atoms with Gasteiger partial charge in [0.2, 0.25) is 0 Å². The molecule has 4 rings (SSSR count). The van der Waals surface area contributed by atoms with Gasteiger partial charge in [-0.25, -0.2) is 0 Å². The molecule has 4 aromatic carbocycles. The zero-order valence-electron chi connectivity index (χ0n) is 18.9. The minimum atomic E-state index is -2.66. The summed E-state index contributed by atoms with van der Waals surface area (Å²) in [6.45, 7) is 3.86. The third-order valence-corrected chi connectivity index (χ3v) is 11.0. The third kappa shape index (κ3) is 4.58. The quantitative estimate of drug-likeness (QED) is 0.428. The van der Waals surface area contributed by atoms with Crippen LogP contribution in [0.5, 0.6) is 0 Å². The summed E-state index contributed by atoms with van der Waals surface area (Å²) in [7, 11) is -2.66. The Hall–Kier alpha value is -3.73. The Labute approximate surface area is 196 Å². The van der Waals surface area contributed by atoms with Gasteiger partial charge in [-0.15, -0.1) is 0 Å². The van der Waals surface area contributed by atoms with E-state index in [0.29, 0.717) is 11.7 Å². The number of aryl methyl sites for hydroxylation is 2. The molecule has 0 spiro atoms. The molecule has 4 heteroatoms. The number of hydrogen-bond donors (Lipinski definition) is 1. The van der Waals surface area contributed by atoms with Gasteiger partial charge >= 0.3 is 196 Å². The van der Waals surface area contributed by atoms with Crippen molar-refractivity contribution >= 4 is 34.8 Å². The van der Waals surface area contributed by atoms with E-state index in [1.54, 1.807) is 0 Å². The van der Waals surface area contributed by atoms with Gasteiger partial charge in [-0.3, -0.25) is 0 Å². The van der Waals surface area contributed by atoms with Crippen molar-refractivity contribution in [3.05, 3.63) is 120 Å². The molecule has 0 bridgehead atoms. The Morgan fingerprint density at radius 3 is 1.52 bits per heavy atom. The fraction of sp³-hybridized carbons (Fsp3) is 0.103. The number of nitriles is 1. The van der Waals surface area contributed by atoms with Crippen molar-refractivity contribution in [1.29, 1.82) is 5.26 Å². The molecule has 0 unspecified atom stereocenters. The van der Waals surface area contributed by atoms with Crippen molar-refractivity contribution in [2.75, 3.05) is 11.5 Å². The predicted molar refractivity (Wildman–Crippen MR) is 141 cm³/mol. The van der Waals surface area contributed by atoms with Gasteiger partial charge in [-0.1, -0.05) is 0 Å². The number of benzene rings is 4. The molecule has 0 radical (unpaired) electrons. The van der Waals surface area contributed by atoms with Crippen LogP contribution in [0.4, 0.5) is 5.69 Å². The van der Waals surface area contributed by atoms with Gasteiger partial charge < -0.3 is 0 Å². The van der Waals surface area contributed by atoms with E-state index in [4.69, 9.17) is 0 Å². The molecule has 0 fully saturated rings. The van der Waals surface area contributed by atoms with Gasteiger partial charge in [0.1, 0.15) is 0 Å². The number of carbonyl (C=O) groups excluding carboxylic acids is 1. The van der Waals surface area contributed by atoms with E-state index in [9.17, 15) is 10.1 Å². The summed E-state index contributed by atoms with van der Waals surface area (Å²) in [4.78, 5) is 13.7. The molecule has 0 aliphatic rings. The van der Waals surface area contributed by atoms with Gasteiger partial charge in [-0.2, -0.15) is 0 Å². The molecular weight excluding hydrogens is 423 g/mol. The van der Waals surface area contributed by atoms with Crippen LogP contribution in [0.2, 0.25) is 0 Å². The van der Waals surface area contributed by atoms with Crippen LogP contribution in [0.1, 0.15) is 16.7 Å². The Balaban J connectivity index is 1.83. The summed E-state index contributed by atoms with van der Waals surface area (Å²) in [6.07, 6.45) is 0.379. The molecule has 3 nitrogen and oxygen atoms in total. The molecule has 33 heavy (non-hydrogen) atoms. The SMILES string of the molecule is Cc1cc(C#N)cc(C)c1NC(=O)C[PH](c1ccccc1)(c1ccccc1)c1ccccc1. The summed E-state index contributed by atoms with van der Waals surface area (Å²) in [5, 5.41) is 16.0. The normalized spacial score (nSPS) is 11.4. The first kappa shape index (κ1) is 22.5. The number of hydrogen-bond acceptors (Lipinski definition) is 2. The van der Waals surface area contributed by atoms with Crippen molar-refractivity contribution in [3.8, 4) is 6.07 Å². The monoisotopic (exact) mass is 450 g/mol. The summed E-state index contributed by atoms with van der Waals surface area (Å²) < 4.78 is 0. The molecule has 4 aromatic rings. The molecule has 0 aliphatic carbocycles. The molecule has 0 saturated carbocycles. The minimum absolute atomic E-state index is 0.0193. The number of rotatable bonds is 6. The first-order valence-electron chi connectivity index (χ1n) is 11.0. The van der Waals surface area contributed by atoms with E-state index in [0.717, 1.165) is 16.8 Å². The second-order valence-electron chi connectivity index (χ2n) is 8.33. The molecule has 1 N–H and O–H groups in total. The molecule has 0 saturated heterocycles. The summed E-state index contributed by atoms with van der Waals surface area (Å²) in [6, 6.07) is 37.1. The Kier molecular flexibility index (Phi) is 6.68. The first-order chi connectivity index (χ1) is 16.0. The molecule has 0 aromatic heterocycles. The van der Waals surface area contributed by atoms with E-state index in [1.165, 1.54) is 15.9 Å². The van der Waals surface area contributed by atoms with Crippen LogP contribution in [0.25, 0.3) is 0 Å². The standard InChI is InChI=1S/C29H27N2OP/c1-22-18-24(20-30)19-23(2)29(22)31-28(32)21-33(25-12-6-3-7-13-25,26-14-8-4-9-15-26)27-16-10-5-11-17-27/h3-19,33H,21H2,1-2H3,(H,31,32). The molecular formula is C29H27N2OP. The fourth-order valence-corrected chi connectivity index (χ4v) is 9.09. The fourth-order valence-electron chi connectivity index (χ4n) is 4.62. The van der Waals surface area contributed by atoms with Gasteiger partial charge in [0.15, 0.2) is 0 Å². The van der Waals surface area contributed by atoms with Gasteiger partial charge in [0, 0.05) is 0 Å². The number of amides is 1. The van der Waals surface area contributed by atoms with E-state index < -0.39 is 7.26 Å². The average molecular weight is 451 g/mol. The number of anilines is 1. The molecule has 1 amide bonds.